The molecule has 0 heterocycles. The molecule has 0 radical (unpaired) electrons. The minimum atomic E-state index is -2.87. The van der Waals surface area contributed by atoms with Crippen LogP contribution in [0.1, 0.15) is 72.6 Å². The van der Waals surface area contributed by atoms with Crippen LogP contribution in [0.3, 0.4) is 0 Å². The van der Waals surface area contributed by atoms with Crippen LogP contribution >= 0.6 is 0 Å². The Bertz CT molecular complexity index is 1090. The molecule has 220 valence electrons. The molecule has 3 saturated carbocycles. The van der Waals surface area contributed by atoms with E-state index in [2.05, 4.69) is 0 Å². The summed E-state index contributed by atoms with van der Waals surface area (Å²) in [6, 6.07) is 0. The van der Waals surface area contributed by atoms with E-state index in [0.717, 1.165) is 12.2 Å². The van der Waals surface area contributed by atoms with Crippen LogP contribution in [0.2, 0.25) is 0 Å². The van der Waals surface area contributed by atoms with Crippen molar-refractivity contribution in [3.8, 4) is 0 Å². The quantitative estimate of drug-likeness (QED) is 0.248. The molecule has 0 spiro atoms. The van der Waals surface area contributed by atoms with E-state index < -0.39 is 94.5 Å². The molecule has 0 aromatic rings. The number of aliphatic hydroxyl groups excluding tert-OH is 2. The van der Waals surface area contributed by atoms with Gasteiger partial charge >= 0.3 is 0 Å². The molecule has 9 atom stereocenters. The Morgan fingerprint density at radius 2 is 1.69 bits per heavy atom. The summed E-state index contributed by atoms with van der Waals surface area (Å²) >= 11 is 0. The molecular formula is C29H42F2O8. The molecule has 10 heteroatoms. The zero-order valence-corrected chi connectivity index (χ0v) is 23.0. The van der Waals surface area contributed by atoms with Crippen molar-refractivity contribution in [1.29, 1.82) is 0 Å². The van der Waals surface area contributed by atoms with Gasteiger partial charge in [0.25, 0.3) is 0 Å². The number of fused-ring (bicyclic) bond motifs is 5. The molecular weight excluding hydrogens is 514 g/mol. The number of aliphatic hydroxyl groups is 6. The van der Waals surface area contributed by atoms with E-state index in [4.69, 9.17) is 0 Å². The van der Waals surface area contributed by atoms with Gasteiger partial charge in [0.15, 0.2) is 28.8 Å². The first kappa shape index (κ1) is 30.4. The third-order valence-corrected chi connectivity index (χ3v) is 10.9. The van der Waals surface area contributed by atoms with E-state index in [0.29, 0.717) is 0 Å². The van der Waals surface area contributed by atoms with Crippen LogP contribution < -0.4 is 0 Å². The van der Waals surface area contributed by atoms with Crippen LogP contribution in [-0.4, -0.2) is 78.3 Å². The third kappa shape index (κ3) is 3.68. The fourth-order valence-electron chi connectivity index (χ4n) is 9.49. The van der Waals surface area contributed by atoms with Crippen molar-refractivity contribution in [2.75, 3.05) is 6.61 Å². The summed E-state index contributed by atoms with van der Waals surface area (Å²) in [5.74, 6) is -10.9. The molecule has 0 aliphatic heterocycles. The van der Waals surface area contributed by atoms with Crippen LogP contribution in [0, 0.1) is 34.0 Å². The van der Waals surface area contributed by atoms with Gasteiger partial charge in [-0.25, -0.2) is 8.78 Å². The van der Waals surface area contributed by atoms with E-state index in [1.165, 1.54) is 19.9 Å². The minimum Gasteiger partial charge on any atom is -0.390 e. The summed E-state index contributed by atoms with van der Waals surface area (Å²) in [7, 11) is 0. The lowest BCUT2D eigenvalue weighted by Gasteiger charge is -2.65. The first-order chi connectivity index (χ1) is 18.0. The first-order valence-corrected chi connectivity index (χ1v) is 14.0. The molecule has 0 bridgehead atoms. The van der Waals surface area contributed by atoms with Gasteiger partial charge in [-0.1, -0.05) is 39.7 Å². The fourth-order valence-corrected chi connectivity index (χ4v) is 9.49. The molecule has 6 N–H and O–H groups in total. The van der Waals surface area contributed by atoms with Crippen molar-refractivity contribution in [1.82, 2.24) is 0 Å². The first-order valence-electron chi connectivity index (χ1n) is 14.0. The second-order valence-electron chi connectivity index (χ2n) is 12.7. The van der Waals surface area contributed by atoms with Crippen molar-refractivity contribution < 1.29 is 49.0 Å². The van der Waals surface area contributed by atoms with Gasteiger partial charge in [0, 0.05) is 30.1 Å². The Morgan fingerprint density at radius 1 is 1.08 bits per heavy atom. The summed E-state index contributed by atoms with van der Waals surface area (Å²) in [5.41, 5.74) is -8.40. The van der Waals surface area contributed by atoms with Gasteiger partial charge in [-0.05, 0) is 55.2 Å². The molecule has 3 fully saturated rings. The molecule has 8 nitrogen and oxygen atoms in total. The van der Waals surface area contributed by atoms with Gasteiger partial charge in [0.2, 0.25) is 0 Å². The van der Waals surface area contributed by atoms with Gasteiger partial charge in [-0.2, -0.15) is 0 Å². The van der Waals surface area contributed by atoms with Gasteiger partial charge in [0.05, 0.1) is 11.5 Å². The number of rotatable bonds is 8. The Labute approximate surface area is 227 Å². The highest BCUT2D eigenvalue weighted by atomic mass is 19.1. The van der Waals surface area contributed by atoms with Crippen LogP contribution in [0.4, 0.5) is 8.78 Å². The van der Waals surface area contributed by atoms with Crippen molar-refractivity contribution in [2.24, 2.45) is 34.0 Å². The highest BCUT2D eigenvalue weighted by Gasteiger charge is 2.82. The molecule has 4 rings (SSSR count). The number of halogens is 2. The number of alkyl halides is 2. The lowest BCUT2D eigenvalue weighted by molar-refractivity contribution is -0.327. The molecule has 0 aromatic carbocycles. The highest BCUT2D eigenvalue weighted by Crippen LogP contribution is 2.76. The number of carbonyl (C=O) groups is 2. The molecule has 39 heavy (non-hydrogen) atoms. The summed E-state index contributed by atoms with van der Waals surface area (Å²) in [4.78, 5) is 25.9. The maximum Gasteiger partial charge on any atom is 0.178 e. The average Bonchev–Trinajstić information content (AvgIpc) is 3.12. The van der Waals surface area contributed by atoms with Gasteiger partial charge < -0.3 is 30.6 Å². The summed E-state index contributed by atoms with van der Waals surface area (Å²) in [6.07, 6.45) is -1.57. The van der Waals surface area contributed by atoms with Crippen molar-refractivity contribution in [2.45, 2.75) is 102 Å². The lowest BCUT2D eigenvalue weighted by atomic mass is 9.41. The Hall–Kier alpha value is -1.56. The maximum absolute atomic E-state index is 17.6. The van der Waals surface area contributed by atoms with E-state index in [-0.39, 0.29) is 37.7 Å². The number of allylic oxidation sites excluding steroid dienone is 4. The fraction of sp³-hybridized carbons (Fsp3) is 0.793. The highest BCUT2D eigenvalue weighted by molar-refractivity contribution is 6.01. The second kappa shape index (κ2) is 9.49. The van der Waals surface area contributed by atoms with E-state index in [1.807, 2.05) is 0 Å². The van der Waals surface area contributed by atoms with Crippen LogP contribution in [0.25, 0.3) is 0 Å². The topological polar surface area (TPSA) is 156 Å². The number of carbonyl (C=O) groups excluding carboxylic acids is 2. The van der Waals surface area contributed by atoms with E-state index in [9.17, 15) is 40.2 Å². The zero-order valence-electron chi connectivity index (χ0n) is 23.0. The van der Waals surface area contributed by atoms with Crippen molar-refractivity contribution >= 4 is 11.6 Å². The number of ketones is 2. The molecule has 0 aromatic heterocycles. The lowest BCUT2D eigenvalue weighted by Crippen LogP contribution is -2.73. The van der Waals surface area contributed by atoms with Crippen LogP contribution in [-0.2, 0) is 9.59 Å². The summed E-state index contributed by atoms with van der Waals surface area (Å²) < 4.78 is 33.4. The Morgan fingerprint density at radius 3 is 2.26 bits per heavy atom. The second-order valence-corrected chi connectivity index (χ2v) is 12.7. The maximum atomic E-state index is 17.6. The van der Waals surface area contributed by atoms with E-state index in [1.54, 1.807) is 13.8 Å². The van der Waals surface area contributed by atoms with Gasteiger partial charge in [-0.15, -0.1) is 0 Å². The standard InChI is InChI=1S/C29H42F2O8/c1-5-8-26(36,37)21-13-17-18-12-20(30)19-11-16(33)7-10-24(19,3)29(18,31)22(34)14-25(17,4)28(21,23(35)15-32)27(38,39)9-6-2/h7,10-11,17-18,20-22,32,34,36-39H,5-6,8-9,12-15H2,1-4H3/t17-,18-,20?,21?,22?,24-,25-,28-,29-/m0/s1. The SMILES string of the molecule is CCCC(O)(O)C1C[C@H]2[C@@H]3CC(F)C4=CC(=O)C=C[C@]4(C)[C@@]3(F)C(O)C[C@]2(C)[C@]1(C(=O)CO)C(O)(O)CCC. The predicted molar refractivity (Wildman–Crippen MR) is 136 cm³/mol. The Kier molecular flexibility index (Phi) is 7.40. The average molecular weight is 557 g/mol. The molecule has 0 amide bonds. The molecule has 3 unspecified atom stereocenters. The van der Waals surface area contributed by atoms with Gasteiger partial charge in [-0.3, -0.25) is 9.59 Å². The normalized spacial score (nSPS) is 43.9. The van der Waals surface area contributed by atoms with Crippen LogP contribution in [0.15, 0.2) is 23.8 Å². The number of hydrogen-bond donors (Lipinski definition) is 6. The van der Waals surface area contributed by atoms with E-state index >= 15 is 8.78 Å². The largest absolute Gasteiger partial charge is 0.390 e. The van der Waals surface area contributed by atoms with Gasteiger partial charge in [0.1, 0.15) is 12.8 Å². The Balaban J connectivity index is 2.01. The minimum absolute atomic E-state index is 0.0852. The molecule has 4 aliphatic carbocycles. The predicted octanol–water partition coefficient (Wildman–Crippen LogP) is 2.04. The molecule has 4 aliphatic rings. The van der Waals surface area contributed by atoms with Crippen molar-refractivity contribution in [3.63, 3.8) is 0 Å². The number of Topliss-reactive ketones (excluding diaryl/α,β-unsaturated/α-hetero) is 1. The smallest absolute Gasteiger partial charge is 0.178 e. The monoisotopic (exact) mass is 556 g/mol. The summed E-state index contributed by atoms with van der Waals surface area (Å²) in [6.45, 7) is 5.06. The third-order valence-electron chi connectivity index (χ3n) is 10.9. The zero-order chi connectivity index (χ0) is 29.4. The number of hydrogen-bond acceptors (Lipinski definition) is 8. The van der Waals surface area contributed by atoms with Crippen LogP contribution in [0.5, 0.6) is 0 Å². The summed E-state index contributed by atoms with van der Waals surface area (Å²) in [5, 5.41) is 67.7. The molecule has 0 saturated heterocycles. The van der Waals surface area contributed by atoms with Crippen molar-refractivity contribution in [3.05, 3.63) is 23.8 Å².